The Bertz CT molecular complexity index is 672. The van der Waals surface area contributed by atoms with Gasteiger partial charge in [-0.25, -0.2) is 0 Å². The fourth-order valence-electron chi connectivity index (χ4n) is 3.27. The molecule has 3 aliphatic heterocycles. The number of benzene rings is 1. The Labute approximate surface area is 157 Å². The van der Waals surface area contributed by atoms with Gasteiger partial charge in [0.2, 0.25) is 6.79 Å². The minimum absolute atomic E-state index is 0. The van der Waals surface area contributed by atoms with Crippen molar-refractivity contribution in [2.75, 3.05) is 52.7 Å². The zero-order chi connectivity index (χ0) is 17.2. The molecule has 2 saturated heterocycles. The Balaban J connectivity index is 0.00000196. The average molecular weight is 384 g/mol. The average Bonchev–Trinajstić information content (AvgIpc) is 3.15. The van der Waals surface area contributed by atoms with E-state index in [4.69, 9.17) is 14.2 Å². The summed E-state index contributed by atoms with van der Waals surface area (Å²) in [4.78, 5) is 28.7. The standard InChI is InChI=1S/C17H21N3O5.ClH/c21-16(12-1-2-13-14(9-12)25-11-24-13)19-4-6-20(7-5-19)17(22)15-10-18-3-8-23-15;/h1-2,9,15,18H,3-8,10-11H2;1H. The molecule has 0 aliphatic carbocycles. The number of piperazine rings is 1. The minimum atomic E-state index is -0.412. The summed E-state index contributed by atoms with van der Waals surface area (Å²) >= 11 is 0. The Morgan fingerprint density at radius 3 is 2.50 bits per heavy atom. The molecule has 0 aromatic heterocycles. The fraction of sp³-hybridized carbons (Fsp3) is 0.529. The summed E-state index contributed by atoms with van der Waals surface area (Å²) in [7, 11) is 0. The predicted octanol–water partition coefficient (Wildman–Crippen LogP) is 0.110. The molecule has 142 valence electrons. The van der Waals surface area contributed by atoms with Gasteiger partial charge in [0.15, 0.2) is 11.5 Å². The Morgan fingerprint density at radius 1 is 1.04 bits per heavy atom. The maximum atomic E-state index is 12.7. The second-order valence-electron chi connectivity index (χ2n) is 6.25. The number of nitrogens with zero attached hydrogens (tertiary/aromatic N) is 2. The summed E-state index contributed by atoms with van der Waals surface area (Å²) in [5.74, 6) is 1.21. The van der Waals surface area contributed by atoms with Gasteiger partial charge in [-0.05, 0) is 18.2 Å². The van der Waals surface area contributed by atoms with Crippen LogP contribution < -0.4 is 14.8 Å². The van der Waals surface area contributed by atoms with Crippen molar-refractivity contribution in [3.8, 4) is 11.5 Å². The molecule has 0 bridgehead atoms. The van der Waals surface area contributed by atoms with Crippen LogP contribution in [0.2, 0.25) is 0 Å². The molecule has 1 unspecified atom stereocenters. The Morgan fingerprint density at radius 2 is 1.77 bits per heavy atom. The maximum Gasteiger partial charge on any atom is 0.254 e. The van der Waals surface area contributed by atoms with Gasteiger partial charge in [-0.1, -0.05) is 0 Å². The molecule has 4 rings (SSSR count). The van der Waals surface area contributed by atoms with E-state index in [1.165, 1.54) is 0 Å². The zero-order valence-corrected chi connectivity index (χ0v) is 15.1. The van der Waals surface area contributed by atoms with Crippen molar-refractivity contribution in [2.24, 2.45) is 0 Å². The molecule has 2 amide bonds. The molecule has 3 aliphatic rings. The lowest BCUT2D eigenvalue weighted by Gasteiger charge is -2.37. The van der Waals surface area contributed by atoms with Crippen LogP contribution in [0.5, 0.6) is 11.5 Å². The molecule has 26 heavy (non-hydrogen) atoms. The molecule has 1 atom stereocenters. The first kappa shape index (κ1) is 18.8. The van der Waals surface area contributed by atoms with Crippen molar-refractivity contribution in [3.05, 3.63) is 23.8 Å². The largest absolute Gasteiger partial charge is 0.454 e. The van der Waals surface area contributed by atoms with Gasteiger partial charge >= 0.3 is 0 Å². The van der Waals surface area contributed by atoms with Gasteiger partial charge in [-0.2, -0.15) is 0 Å². The monoisotopic (exact) mass is 383 g/mol. The van der Waals surface area contributed by atoms with E-state index in [1.807, 2.05) is 0 Å². The normalized spacial score (nSPS) is 21.9. The molecule has 8 nitrogen and oxygen atoms in total. The molecule has 1 aromatic rings. The lowest BCUT2D eigenvalue weighted by molar-refractivity contribution is -0.146. The highest BCUT2D eigenvalue weighted by Crippen LogP contribution is 2.32. The number of carbonyl (C=O) groups is 2. The van der Waals surface area contributed by atoms with E-state index in [0.717, 1.165) is 6.54 Å². The van der Waals surface area contributed by atoms with Crippen molar-refractivity contribution in [1.82, 2.24) is 15.1 Å². The number of morpholine rings is 1. The minimum Gasteiger partial charge on any atom is -0.454 e. The van der Waals surface area contributed by atoms with E-state index in [-0.39, 0.29) is 31.0 Å². The number of hydrogen-bond acceptors (Lipinski definition) is 6. The third-order valence-electron chi connectivity index (χ3n) is 4.70. The van der Waals surface area contributed by atoms with E-state index in [2.05, 4.69) is 5.32 Å². The van der Waals surface area contributed by atoms with Gasteiger partial charge in [-0.3, -0.25) is 9.59 Å². The van der Waals surface area contributed by atoms with Crippen molar-refractivity contribution in [3.63, 3.8) is 0 Å². The number of carbonyl (C=O) groups excluding carboxylic acids is 2. The van der Waals surface area contributed by atoms with Gasteiger partial charge in [-0.15, -0.1) is 12.4 Å². The summed E-state index contributed by atoms with van der Waals surface area (Å²) < 4.78 is 16.1. The third kappa shape index (κ3) is 3.72. The molecule has 9 heteroatoms. The Hall–Kier alpha value is -2.03. The number of halogens is 1. The fourth-order valence-corrected chi connectivity index (χ4v) is 3.27. The second-order valence-corrected chi connectivity index (χ2v) is 6.25. The van der Waals surface area contributed by atoms with Crippen LogP contribution in [0.25, 0.3) is 0 Å². The first-order valence-corrected chi connectivity index (χ1v) is 8.52. The molecule has 2 fully saturated rings. The van der Waals surface area contributed by atoms with Gasteiger partial charge in [0.1, 0.15) is 6.10 Å². The molecule has 0 radical (unpaired) electrons. The van der Waals surface area contributed by atoms with Crippen LogP contribution in [-0.4, -0.2) is 80.4 Å². The molecule has 1 aromatic carbocycles. The maximum absolute atomic E-state index is 12.7. The van der Waals surface area contributed by atoms with Gasteiger partial charge in [0.25, 0.3) is 11.8 Å². The van der Waals surface area contributed by atoms with Gasteiger partial charge in [0, 0.05) is 44.8 Å². The van der Waals surface area contributed by atoms with E-state index < -0.39 is 6.10 Å². The zero-order valence-electron chi connectivity index (χ0n) is 14.3. The third-order valence-corrected chi connectivity index (χ3v) is 4.70. The molecule has 0 spiro atoms. The summed E-state index contributed by atoms with van der Waals surface area (Å²) in [6.07, 6.45) is -0.412. The van der Waals surface area contributed by atoms with E-state index in [1.54, 1.807) is 28.0 Å². The molecular weight excluding hydrogens is 362 g/mol. The lowest BCUT2D eigenvalue weighted by atomic mass is 10.1. The number of rotatable bonds is 2. The summed E-state index contributed by atoms with van der Waals surface area (Å²) in [5, 5.41) is 3.16. The molecular formula is C17H22ClN3O5. The first-order chi connectivity index (χ1) is 12.2. The smallest absolute Gasteiger partial charge is 0.254 e. The van der Waals surface area contributed by atoms with Gasteiger partial charge in [0.05, 0.1) is 6.61 Å². The van der Waals surface area contributed by atoms with Crippen LogP contribution in [0.4, 0.5) is 0 Å². The van der Waals surface area contributed by atoms with Crippen LogP contribution in [-0.2, 0) is 9.53 Å². The number of amides is 2. The molecule has 0 saturated carbocycles. The highest BCUT2D eigenvalue weighted by atomic mass is 35.5. The predicted molar refractivity (Wildman–Crippen MR) is 94.9 cm³/mol. The van der Waals surface area contributed by atoms with Crippen molar-refractivity contribution in [1.29, 1.82) is 0 Å². The molecule has 1 N–H and O–H groups in total. The van der Waals surface area contributed by atoms with Crippen LogP contribution in [0.3, 0.4) is 0 Å². The highest BCUT2D eigenvalue weighted by molar-refractivity contribution is 5.95. The van der Waals surface area contributed by atoms with Crippen LogP contribution in [0.1, 0.15) is 10.4 Å². The second kappa shape index (κ2) is 8.11. The Kier molecular flexibility index (Phi) is 5.85. The summed E-state index contributed by atoms with van der Waals surface area (Å²) in [6.45, 7) is 4.14. The number of hydrogen-bond donors (Lipinski definition) is 1. The van der Waals surface area contributed by atoms with Gasteiger partial charge < -0.3 is 29.3 Å². The number of nitrogens with one attached hydrogen (secondary N) is 1. The molecule has 3 heterocycles. The summed E-state index contributed by atoms with van der Waals surface area (Å²) in [5.41, 5.74) is 0.573. The van der Waals surface area contributed by atoms with Crippen LogP contribution in [0, 0.1) is 0 Å². The van der Waals surface area contributed by atoms with E-state index in [9.17, 15) is 9.59 Å². The first-order valence-electron chi connectivity index (χ1n) is 8.52. The quantitative estimate of drug-likeness (QED) is 0.780. The number of ether oxygens (including phenoxy) is 3. The SMILES string of the molecule is Cl.O=C(c1ccc2c(c1)OCO2)N1CCN(C(=O)C2CNCCO2)CC1. The van der Waals surface area contributed by atoms with Crippen LogP contribution in [0.15, 0.2) is 18.2 Å². The summed E-state index contributed by atoms with van der Waals surface area (Å²) in [6, 6.07) is 5.21. The van der Waals surface area contributed by atoms with Crippen molar-refractivity contribution >= 4 is 24.2 Å². The lowest BCUT2D eigenvalue weighted by Crippen LogP contribution is -2.56. The van der Waals surface area contributed by atoms with Crippen molar-refractivity contribution in [2.45, 2.75) is 6.10 Å². The highest BCUT2D eigenvalue weighted by Gasteiger charge is 2.31. The van der Waals surface area contributed by atoms with Crippen LogP contribution >= 0.6 is 12.4 Å². The topological polar surface area (TPSA) is 80.3 Å². The number of fused-ring (bicyclic) bond motifs is 1. The van der Waals surface area contributed by atoms with E-state index >= 15 is 0 Å². The van der Waals surface area contributed by atoms with Crippen molar-refractivity contribution < 1.29 is 23.8 Å². The van der Waals surface area contributed by atoms with E-state index in [0.29, 0.717) is 56.4 Å².